The lowest BCUT2D eigenvalue weighted by molar-refractivity contribution is -0.273. The van der Waals surface area contributed by atoms with E-state index in [4.69, 9.17) is 9.47 Å². The van der Waals surface area contributed by atoms with Crippen LogP contribution in [0, 0.1) is 11.8 Å². The van der Waals surface area contributed by atoms with Crippen LogP contribution in [0.1, 0.15) is 39.0 Å². The van der Waals surface area contributed by atoms with Gasteiger partial charge in [-0.05, 0) is 12.3 Å². The summed E-state index contributed by atoms with van der Waals surface area (Å²) in [5.74, 6) is 0.266. The minimum Gasteiger partial charge on any atom is -0.393 e. The molecule has 0 aromatic heterocycles. The molecule has 0 amide bonds. The molecule has 1 aromatic carbocycles. The van der Waals surface area contributed by atoms with E-state index in [0.717, 1.165) is 5.56 Å². The van der Waals surface area contributed by atoms with E-state index in [1.54, 1.807) is 0 Å². The van der Waals surface area contributed by atoms with Crippen LogP contribution in [-0.4, -0.2) is 35.1 Å². The molecule has 21 heavy (non-hydrogen) atoms. The van der Waals surface area contributed by atoms with Crippen molar-refractivity contribution in [1.29, 1.82) is 0 Å². The largest absolute Gasteiger partial charge is 0.393 e. The van der Waals surface area contributed by atoms with E-state index in [1.807, 2.05) is 37.3 Å². The van der Waals surface area contributed by atoms with Crippen molar-refractivity contribution in [2.75, 3.05) is 6.61 Å². The third kappa shape index (κ3) is 4.27. The second-order valence-electron chi connectivity index (χ2n) is 6.30. The number of benzene rings is 1. The van der Waals surface area contributed by atoms with Crippen LogP contribution in [0.3, 0.4) is 0 Å². The molecule has 0 saturated carbocycles. The quantitative estimate of drug-likeness (QED) is 0.876. The molecule has 1 fully saturated rings. The van der Waals surface area contributed by atoms with Gasteiger partial charge < -0.3 is 19.7 Å². The van der Waals surface area contributed by atoms with Crippen LogP contribution < -0.4 is 0 Å². The van der Waals surface area contributed by atoms with Crippen molar-refractivity contribution in [2.45, 2.75) is 51.8 Å². The summed E-state index contributed by atoms with van der Waals surface area (Å²) in [6.45, 7) is 6.30. The highest BCUT2D eigenvalue weighted by atomic mass is 16.7. The molecule has 1 aliphatic heterocycles. The van der Waals surface area contributed by atoms with Crippen molar-refractivity contribution >= 4 is 0 Å². The summed E-state index contributed by atoms with van der Waals surface area (Å²) in [6.07, 6.45) is -1.39. The lowest BCUT2D eigenvalue weighted by Gasteiger charge is -2.39. The number of aliphatic hydroxyl groups excluding tert-OH is 2. The first-order valence-corrected chi connectivity index (χ1v) is 7.67. The summed E-state index contributed by atoms with van der Waals surface area (Å²) in [5, 5.41) is 20.4. The predicted octanol–water partition coefficient (Wildman–Crippen LogP) is 2.50. The van der Waals surface area contributed by atoms with Gasteiger partial charge in [0.2, 0.25) is 0 Å². The summed E-state index contributed by atoms with van der Waals surface area (Å²) >= 11 is 0. The monoisotopic (exact) mass is 294 g/mol. The Morgan fingerprint density at radius 3 is 2.48 bits per heavy atom. The fraction of sp³-hybridized carbons (Fsp3) is 0.647. The van der Waals surface area contributed by atoms with Crippen LogP contribution in [0.4, 0.5) is 0 Å². The number of hydrogen-bond acceptors (Lipinski definition) is 4. The van der Waals surface area contributed by atoms with Crippen molar-refractivity contribution in [1.82, 2.24) is 0 Å². The maximum Gasteiger partial charge on any atom is 0.184 e. The van der Waals surface area contributed by atoms with Crippen molar-refractivity contribution in [3.8, 4) is 0 Å². The highest BCUT2D eigenvalue weighted by Crippen LogP contribution is 2.31. The van der Waals surface area contributed by atoms with Crippen molar-refractivity contribution < 1.29 is 19.7 Å². The van der Waals surface area contributed by atoms with Gasteiger partial charge in [-0.1, -0.05) is 51.1 Å². The molecule has 1 saturated heterocycles. The van der Waals surface area contributed by atoms with Crippen LogP contribution in [0.25, 0.3) is 0 Å². The predicted molar refractivity (Wildman–Crippen MR) is 80.6 cm³/mol. The van der Waals surface area contributed by atoms with Crippen LogP contribution >= 0.6 is 0 Å². The molecule has 4 heteroatoms. The second-order valence-corrected chi connectivity index (χ2v) is 6.30. The first kappa shape index (κ1) is 16.4. The molecule has 1 unspecified atom stereocenters. The molecule has 4 nitrogen and oxygen atoms in total. The van der Waals surface area contributed by atoms with Gasteiger partial charge in [0.25, 0.3) is 0 Å². The van der Waals surface area contributed by atoms with Crippen LogP contribution in [0.5, 0.6) is 0 Å². The Hall–Kier alpha value is -0.940. The first-order valence-electron chi connectivity index (χ1n) is 7.67. The van der Waals surface area contributed by atoms with E-state index < -0.39 is 24.6 Å². The van der Waals surface area contributed by atoms with Crippen LogP contribution in [0.2, 0.25) is 0 Å². The molecule has 2 N–H and O–H groups in total. The molecule has 0 aliphatic carbocycles. The van der Waals surface area contributed by atoms with Gasteiger partial charge in [0.1, 0.15) is 6.10 Å². The molecule has 0 radical (unpaired) electrons. The van der Waals surface area contributed by atoms with Crippen molar-refractivity contribution in [3.05, 3.63) is 35.9 Å². The van der Waals surface area contributed by atoms with Crippen molar-refractivity contribution in [2.24, 2.45) is 11.8 Å². The lowest BCUT2D eigenvalue weighted by Crippen LogP contribution is -2.47. The molecule has 1 aromatic rings. The average molecular weight is 294 g/mol. The van der Waals surface area contributed by atoms with E-state index in [2.05, 4.69) is 13.8 Å². The van der Waals surface area contributed by atoms with Gasteiger partial charge in [0.05, 0.1) is 18.8 Å². The number of rotatable bonds is 5. The van der Waals surface area contributed by atoms with E-state index in [0.29, 0.717) is 12.3 Å². The van der Waals surface area contributed by atoms with Crippen LogP contribution in [0.15, 0.2) is 30.3 Å². The third-order valence-electron chi connectivity index (χ3n) is 3.99. The summed E-state index contributed by atoms with van der Waals surface area (Å²) in [6, 6.07) is 9.68. The number of hydrogen-bond donors (Lipinski definition) is 2. The molecular weight excluding hydrogens is 268 g/mol. The van der Waals surface area contributed by atoms with Gasteiger partial charge in [0, 0.05) is 11.5 Å². The summed E-state index contributed by atoms with van der Waals surface area (Å²) in [5.41, 5.74) is 0.931. The van der Waals surface area contributed by atoms with Gasteiger partial charge in [-0.2, -0.15) is 0 Å². The van der Waals surface area contributed by atoms with Gasteiger partial charge in [-0.3, -0.25) is 0 Å². The Labute approximate surface area is 126 Å². The molecule has 0 spiro atoms. The van der Waals surface area contributed by atoms with Crippen molar-refractivity contribution in [3.63, 3.8) is 0 Å². The molecule has 118 valence electrons. The molecule has 1 aliphatic rings. The minimum absolute atomic E-state index is 0.141. The molecular formula is C17H26O4. The Kier molecular flexibility index (Phi) is 5.76. The van der Waals surface area contributed by atoms with E-state index in [1.165, 1.54) is 0 Å². The number of aliphatic hydroxyl groups is 2. The summed E-state index contributed by atoms with van der Waals surface area (Å²) < 4.78 is 11.5. The van der Waals surface area contributed by atoms with Gasteiger partial charge in [0.15, 0.2) is 6.29 Å². The molecule has 5 atom stereocenters. The zero-order valence-corrected chi connectivity index (χ0v) is 13.0. The van der Waals surface area contributed by atoms with Gasteiger partial charge >= 0.3 is 0 Å². The molecule has 1 heterocycles. The maximum absolute atomic E-state index is 10.3. The lowest BCUT2D eigenvalue weighted by atomic mass is 9.88. The number of ether oxygens (including phenoxy) is 2. The maximum atomic E-state index is 10.3. The zero-order valence-electron chi connectivity index (χ0n) is 13.0. The fourth-order valence-electron chi connectivity index (χ4n) is 2.73. The Morgan fingerprint density at radius 1 is 1.19 bits per heavy atom. The second kappa shape index (κ2) is 7.36. The topological polar surface area (TPSA) is 58.9 Å². The highest BCUT2D eigenvalue weighted by Gasteiger charge is 2.37. The third-order valence-corrected chi connectivity index (χ3v) is 3.99. The Morgan fingerprint density at radius 2 is 1.86 bits per heavy atom. The van der Waals surface area contributed by atoms with Crippen LogP contribution in [-0.2, 0) is 9.47 Å². The SMILES string of the molecule is CC(C)C[C@H](O)[C@@H](C)[C@@H]1OC(c2ccccc2)OC[C@H]1O. The first-order chi connectivity index (χ1) is 9.99. The van der Waals surface area contributed by atoms with Gasteiger partial charge in [-0.15, -0.1) is 0 Å². The zero-order chi connectivity index (χ0) is 15.4. The normalized spacial score (nSPS) is 29.3. The standard InChI is InChI=1S/C17H26O4/c1-11(2)9-14(18)12(3)16-15(19)10-20-17(21-16)13-7-5-4-6-8-13/h4-8,11-12,14-19H,9-10H2,1-3H3/t12-,14+,15-,16+,17?/m1/s1. The van der Waals surface area contributed by atoms with E-state index in [9.17, 15) is 10.2 Å². The Balaban J connectivity index is 2.04. The Bertz CT molecular complexity index is 420. The summed E-state index contributed by atoms with van der Waals surface area (Å²) in [4.78, 5) is 0. The van der Waals surface area contributed by atoms with E-state index >= 15 is 0 Å². The van der Waals surface area contributed by atoms with Gasteiger partial charge in [-0.25, -0.2) is 0 Å². The molecule has 2 rings (SSSR count). The fourth-order valence-corrected chi connectivity index (χ4v) is 2.73. The minimum atomic E-state index is -0.707. The average Bonchev–Trinajstić information content (AvgIpc) is 2.47. The van der Waals surface area contributed by atoms with E-state index in [-0.39, 0.29) is 12.5 Å². The molecule has 0 bridgehead atoms. The highest BCUT2D eigenvalue weighted by molar-refractivity contribution is 5.16. The summed E-state index contributed by atoms with van der Waals surface area (Å²) in [7, 11) is 0. The smallest absolute Gasteiger partial charge is 0.184 e.